The fourth-order valence-electron chi connectivity index (χ4n) is 2.04. The third-order valence-electron chi connectivity index (χ3n) is 3.27. The Labute approximate surface area is 151 Å². The smallest absolute Gasteiger partial charge is 0.338 e. The largest absolute Gasteiger partial charge is 0.459 e. The van der Waals surface area contributed by atoms with E-state index in [0.717, 1.165) is 0 Å². The molecule has 0 saturated heterocycles. The van der Waals surface area contributed by atoms with E-state index >= 15 is 0 Å². The number of amides is 2. The van der Waals surface area contributed by atoms with Gasteiger partial charge in [-0.15, -0.1) is 0 Å². The summed E-state index contributed by atoms with van der Waals surface area (Å²) in [5.74, 6) is -1.19. The van der Waals surface area contributed by atoms with Crippen molar-refractivity contribution in [1.82, 2.24) is 5.32 Å². The van der Waals surface area contributed by atoms with E-state index < -0.39 is 23.5 Å². The Morgan fingerprint density at radius 3 is 2.27 bits per heavy atom. The van der Waals surface area contributed by atoms with Crippen molar-refractivity contribution in [3.8, 4) is 0 Å². The average molecular weight is 358 g/mol. The molecule has 1 aromatic carbocycles. The lowest BCUT2D eigenvalue weighted by atomic mass is 10.1. The summed E-state index contributed by atoms with van der Waals surface area (Å²) in [6.45, 7) is 7.04. The molecule has 2 amide bonds. The van der Waals surface area contributed by atoms with Gasteiger partial charge in [0.05, 0.1) is 11.8 Å². The van der Waals surface area contributed by atoms with Crippen LogP contribution in [0.5, 0.6) is 0 Å². The Balaban J connectivity index is 1.94. The number of rotatable bonds is 5. The van der Waals surface area contributed by atoms with E-state index in [0.29, 0.717) is 5.69 Å². The third kappa shape index (κ3) is 5.47. The average Bonchev–Trinajstić information content (AvgIpc) is 3.08. The van der Waals surface area contributed by atoms with Crippen LogP contribution in [0.2, 0.25) is 0 Å². The van der Waals surface area contributed by atoms with Gasteiger partial charge in [-0.1, -0.05) is 0 Å². The number of esters is 1. The minimum absolute atomic E-state index is 0.187. The first-order chi connectivity index (χ1) is 12.2. The Kier molecular flexibility index (Phi) is 5.82. The Bertz CT molecular complexity index is 773. The summed E-state index contributed by atoms with van der Waals surface area (Å²) >= 11 is 0. The second-order valence-corrected chi connectivity index (χ2v) is 6.80. The number of ether oxygens (including phenoxy) is 1. The second-order valence-electron chi connectivity index (χ2n) is 6.80. The first-order valence-corrected chi connectivity index (χ1v) is 8.13. The van der Waals surface area contributed by atoms with Gasteiger partial charge in [-0.25, -0.2) is 4.79 Å². The van der Waals surface area contributed by atoms with Crippen molar-refractivity contribution in [1.29, 1.82) is 0 Å². The number of carbonyl (C=O) groups excluding carboxylic acids is 3. The van der Waals surface area contributed by atoms with Gasteiger partial charge in [0, 0.05) is 11.2 Å². The van der Waals surface area contributed by atoms with Crippen molar-refractivity contribution in [3.63, 3.8) is 0 Å². The monoisotopic (exact) mass is 358 g/mol. The van der Waals surface area contributed by atoms with E-state index in [4.69, 9.17) is 9.15 Å². The lowest BCUT2D eigenvalue weighted by molar-refractivity contribution is -0.130. The first-order valence-electron chi connectivity index (χ1n) is 8.13. The summed E-state index contributed by atoms with van der Waals surface area (Å²) < 4.78 is 10.2. The Hall–Kier alpha value is -3.09. The zero-order valence-electron chi connectivity index (χ0n) is 15.2. The van der Waals surface area contributed by atoms with Crippen molar-refractivity contribution in [2.24, 2.45) is 0 Å². The van der Waals surface area contributed by atoms with Gasteiger partial charge in [-0.3, -0.25) is 9.59 Å². The SMILES string of the molecule is C[C@H](OC(=O)c1ccc(NC(=O)c2ccco2)cc1)C(=O)NC(C)(C)C. The summed E-state index contributed by atoms with van der Waals surface area (Å²) in [6.07, 6.45) is 0.491. The third-order valence-corrected chi connectivity index (χ3v) is 3.27. The molecule has 7 nitrogen and oxygen atoms in total. The molecule has 0 bridgehead atoms. The summed E-state index contributed by atoms with van der Waals surface area (Å²) in [5.41, 5.74) is 0.365. The van der Waals surface area contributed by atoms with Crippen LogP contribution in [-0.4, -0.2) is 29.4 Å². The van der Waals surface area contributed by atoms with Crippen LogP contribution in [-0.2, 0) is 9.53 Å². The normalized spacial score (nSPS) is 12.2. The molecule has 1 heterocycles. The highest BCUT2D eigenvalue weighted by molar-refractivity contribution is 6.02. The number of carbonyl (C=O) groups is 3. The number of hydrogen-bond acceptors (Lipinski definition) is 5. The van der Waals surface area contributed by atoms with E-state index in [9.17, 15) is 14.4 Å². The highest BCUT2D eigenvalue weighted by atomic mass is 16.5. The predicted octanol–water partition coefficient (Wildman–Crippen LogP) is 2.99. The molecule has 138 valence electrons. The highest BCUT2D eigenvalue weighted by Gasteiger charge is 2.23. The van der Waals surface area contributed by atoms with Gasteiger partial charge < -0.3 is 19.8 Å². The minimum Gasteiger partial charge on any atom is -0.459 e. The molecular formula is C19H22N2O5. The summed E-state index contributed by atoms with van der Waals surface area (Å²) in [5, 5.41) is 5.39. The van der Waals surface area contributed by atoms with E-state index in [1.165, 1.54) is 25.3 Å². The molecule has 1 aromatic heterocycles. The minimum atomic E-state index is -0.917. The molecule has 0 unspecified atom stereocenters. The summed E-state index contributed by atoms with van der Waals surface area (Å²) in [6, 6.07) is 9.31. The van der Waals surface area contributed by atoms with Crippen molar-refractivity contribution in [2.45, 2.75) is 39.3 Å². The highest BCUT2D eigenvalue weighted by Crippen LogP contribution is 2.13. The molecule has 0 fully saturated rings. The number of nitrogens with one attached hydrogen (secondary N) is 2. The Morgan fingerprint density at radius 1 is 1.08 bits per heavy atom. The fourth-order valence-corrected chi connectivity index (χ4v) is 2.04. The van der Waals surface area contributed by atoms with Crippen LogP contribution < -0.4 is 10.6 Å². The van der Waals surface area contributed by atoms with Crippen LogP contribution in [0.3, 0.4) is 0 Å². The lowest BCUT2D eigenvalue weighted by Gasteiger charge is -2.23. The van der Waals surface area contributed by atoms with Gasteiger partial charge in [-0.2, -0.15) is 0 Å². The van der Waals surface area contributed by atoms with E-state index in [2.05, 4.69) is 10.6 Å². The van der Waals surface area contributed by atoms with Gasteiger partial charge in [0.2, 0.25) is 0 Å². The maximum Gasteiger partial charge on any atom is 0.338 e. The van der Waals surface area contributed by atoms with Crippen LogP contribution in [0.25, 0.3) is 0 Å². The van der Waals surface area contributed by atoms with Gasteiger partial charge in [-0.05, 0) is 64.1 Å². The molecule has 2 aromatic rings. The molecule has 0 aliphatic carbocycles. The first kappa shape index (κ1) is 19.2. The second kappa shape index (κ2) is 7.86. The standard InChI is InChI=1S/C19H22N2O5/c1-12(16(22)21-19(2,3)4)26-18(24)13-7-9-14(10-8-13)20-17(23)15-6-5-11-25-15/h5-12H,1-4H3,(H,20,23)(H,21,22)/t12-/m0/s1. The van der Waals surface area contributed by atoms with Crippen molar-refractivity contribution >= 4 is 23.5 Å². The van der Waals surface area contributed by atoms with Gasteiger partial charge in [0.15, 0.2) is 11.9 Å². The van der Waals surface area contributed by atoms with Crippen molar-refractivity contribution < 1.29 is 23.5 Å². The molecule has 0 radical (unpaired) electrons. The number of hydrogen-bond donors (Lipinski definition) is 2. The van der Waals surface area contributed by atoms with Crippen LogP contribution in [0.15, 0.2) is 47.1 Å². The van der Waals surface area contributed by atoms with E-state index in [1.807, 2.05) is 20.8 Å². The van der Waals surface area contributed by atoms with Crippen LogP contribution in [0.4, 0.5) is 5.69 Å². The molecule has 2 rings (SSSR count). The molecule has 7 heteroatoms. The molecular weight excluding hydrogens is 336 g/mol. The molecule has 0 spiro atoms. The summed E-state index contributed by atoms with van der Waals surface area (Å²) in [4.78, 5) is 36.0. The lowest BCUT2D eigenvalue weighted by Crippen LogP contribution is -2.46. The zero-order valence-corrected chi connectivity index (χ0v) is 15.2. The maximum atomic E-state index is 12.1. The molecule has 0 aliphatic rings. The van der Waals surface area contributed by atoms with E-state index in [-0.39, 0.29) is 17.2 Å². The molecule has 1 atom stereocenters. The van der Waals surface area contributed by atoms with Crippen LogP contribution in [0.1, 0.15) is 48.6 Å². The number of anilines is 1. The Morgan fingerprint density at radius 2 is 1.73 bits per heavy atom. The molecule has 2 N–H and O–H groups in total. The van der Waals surface area contributed by atoms with Gasteiger partial charge >= 0.3 is 5.97 Å². The molecule has 26 heavy (non-hydrogen) atoms. The molecule has 0 aliphatic heterocycles. The van der Waals surface area contributed by atoms with Crippen molar-refractivity contribution in [2.75, 3.05) is 5.32 Å². The van der Waals surface area contributed by atoms with Gasteiger partial charge in [0.25, 0.3) is 11.8 Å². The fraction of sp³-hybridized carbons (Fsp3) is 0.316. The quantitative estimate of drug-likeness (QED) is 0.801. The van der Waals surface area contributed by atoms with Crippen LogP contribution in [0, 0.1) is 0 Å². The number of furan rings is 1. The van der Waals surface area contributed by atoms with E-state index in [1.54, 1.807) is 24.3 Å². The maximum absolute atomic E-state index is 12.1. The zero-order chi connectivity index (χ0) is 19.3. The topological polar surface area (TPSA) is 97.6 Å². The summed E-state index contributed by atoms with van der Waals surface area (Å²) in [7, 11) is 0. The number of benzene rings is 1. The molecule has 0 saturated carbocycles. The van der Waals surface area contributed by atoms with Gasteiger partial charge in [0.1, 0.15) is 0 Å². The predicted molar refractivity (Wildman–Crippen MR) is 95.9 cm³/mol. The van der Waals surface area contributed by atoms with Crippen molar-refractivity contribution in [3.05, 3.63) is 54.0 Å². The van der Waals surface area contributed by atoms with Crippen LogP contribution >= 0.6 is 0 Å².